The first-order chi connectivity index (χ1) is 20.6. The van der Waals surface area contributed by atoms with E-state index in [-0.39, 0.29) is 12.5 Å². The number of carbonyl (C=O) groups excluding carboxylic acids is 3. The number of rotatable bonds is 13. The molecule has 3 aromatic rings. The zero-order valence-electron chi connectivity index (χ0n) is 25.0. The molecule has 0 fully saturated rings. The van der Waals surface area contributed by atoms with Gasteiger partial charge >= 0.3 is 11.8 Å². The second-order valence-corrected chi connectivity index (χ2v) is 10.9. The SMILES string of the molecule is CCCCOc1ccc(NC(=O)C(=O)N/N=C\c2cc(I)c(OCC(=O)Nc3c(C)cc(C)cc3C)c(OCC)c2)cc1. The van der Waals surface area contributed by atoms with E-state index in [1.807, 2.05) is 39.8 Å². The highest BCUT2D eigenvalue weighted by atomic mass is 127. The van der Waals surface area contributed by atoms with Crippen molar-refractivity contribution in [1.29, 1.82) is 0 Å². The molecule has 0 aromatic heterocycles. The van der Waals surface area contributed by atoms with Gasteiger partial charge in [-0.05, 0) is 110 Å². The molecule has 0 aliphatic carbocycles. The molecule has 0 atom stereocenters. The molecule has 0 bridgehead atoms. The molecule has 0 aliphatic heterocycles. The van der Waals surface area contributed by atoms with E-state index in [1.165, 1.54) is 6.21 Å². The molecule has 10 nitrogen and oxygen atoms in total. The van der Waals surface area contributed by atoms with Crippen LogP contribution in [-0.4, -0.2) is 43.8 Å². The molecule has 0 saturated carbocycles. The van der Waals surface area contributed by atoms with E-state index in [0.29, 0.717) is 45.3 Å². The number of nitrogens with one attached hydrogen (secondary N) is 3. The molecule has 11 heteroatoms. The Labute approximate surface area is 265 Å². The smallest absolute Gasteiger partial charge is 0.329 e. The molecule has 0 aliphatic rings. The van der Waals surface area contributed by atoms with Crippen LogP contribution in [0.5, 0.6) is 17.2 Å². The van der Waals surface area contributed by atoms with E-state index in [9.17, 15) is 14.4 Å². The number of anilines is 2. The molecule has 228 valence electrons. The summed E-state index contributed by atoms with van der Waals surface area (Å²) in [6.45, 7) is 10.6. The summed E-state index contributed by atoms with van der Waals surface area (Å²) < 4.78 is 17.9. The van der Waals surface area contributed by atoms with Crippen molar-refractivity contribution in [2.45, 2.75) is 47.5 Å². The molecular weight excluding hydrogens is 663 g/mol. The van der Waals surface area contributed by atoms with E-state index in [1.54, 1.807) is 36.4 Å². The van der Waals surface area contributed by atoms with Gasteiger partial charge in [-0.2, -0.15) is 5.10 Å². The number of halogens is 1. The summed E-state index contributed by atoms with van der Waals surface area (Å²) in [6.07, 6.45) is 3.38. The van der Waals surface area contributed by atoms with Gasteiger partial charge in [-0.15, -0.1) is 0 Å². The monoisotopic (exact) mass is 700 g/mol. The number of unbranched alkanes of at least 4 members (excludes halogenated alkanes) is 1. The van der Waals surface area contributed by atoms with Crippen LogP contribution >= 0.6 is 22.6 Å². The van der Waals surface area contributed by atoms with Crippen molar-refractivity contribution in [1.82, 2.24) is 5.43 Å². The predicted octanol–water partition coefficient (Wildman–Crippen LogP) is 5.90. The number of aryl methyl sites for hydroxylation is 3. The molecule has 0 spiro atoms. The average molecular weight is 701 g/mol. The van der Waals surface area contributed by atoms with Gasteiger partial charge in [0.2, 0.25) is 0 Å². The Morgan fingerprint density at radius 2 is 1.58 bits per heavy atom. The van der Waals surface area contributed by atoms with E-state index in [2.05, 4.69) is 50.7 Å². The Morgan fingerprint density at radius 1 is 0.884 bits per heavy atom. The highest BCUT2D eigenvalue weighted by Crippen LogP contribution is 2.34. The molecule has 0 saturated heterocycles. The van der Waals surface area contributed by atoms with Crippen LogP contribution in [0.4, 0.5) is 11.4 Å². The second kappa shape index (κ2) is 16.5. The topological polar surface area (TPSA) is 127 Å². The van der Waals surface area contributed by atoms with Crippen LogP contribution in [0.2, 0.25) is 0 Å². The van der Waals surface area contributed by atoms with Gasteiger partial charge in [0.1, 0.15) is 5.75 Å². The van der Waals surface area contributed by atoms with Crippen LogP contribution in [0.25, 0.3) is 0 Å². The van der Waals surface area contributed by atoms with Crippen molar-refractivity contribution in [3.05, 3.63) is 74.4 Å². The third kappa shape index (κ3) is 10.3. The van der Waals surface area contributed by atoms with Crippen LogP contribution in [-0.2, 0) is 14.4 Å². The van der Waals surface area contributed by atoms with Crippen molar-refractivity contribution >= 4 is 57.9 Å². The molecule has 43 heavy (non-hydrogen) atoms. The van der Waals surface area contributed by atoms with Gasteiger partial charge in [0, 0.05) is 11.4 Å². The van der Waals surface area contributed by atoms with Crippen molar-refractivity contribution in [2.75, 3.05) is 30.5 Å². The Kier molecular flexibility index (Phi) is 12.8. The second-order valence-electron chi connectivity index (χ2n) is 9.75. The minimum absolute atomic E-state index is 0.212. The van der Waals surface area contributed by atoms with E-state index in [0.717, 1.165) is 35.2 Å². The van der Waals surface area contributed by atoms with Gasteiger partial charge in [0.15, 0.2) is 18.1 Å². The predicted molar refractivity (Wildman–Crippen MR) is 176 cm³/mol. The largest absolute Gasteiger partial charge is 0.494 e. The minimum Gasteiger partial charge on any atom is -0.494 e. The number of hydrazone groups is 1. The van der Waals surface area contributed by atoms with Crippen LogP contribution in [0.3, 0.4) is 0 Å². The average Bonchev–Trinajstić information content (AvgIpc) is 2.95. The van der Waals surface area contributed by atoms with Crippen LogP contribution in [0.15, 0.2) is 53.6 Å². The third-order valence-corrected chi connectivity index (χ3v) is 6.89. The molecule has 0 radical (unpaired) electrons. The Balaban J connectivity index is 1.58. The normalized spacial score (nSPS) is 10.7. The summed E-state index contributed by atoms with van der Waals surface area (Å²) in [7, 11) is 0. The van der Waals surface area contributed by atoms with Crippen LogP contribution < -0.4 is 30.3 Å². The fourth-order valence-electron chi connectivity index (χ4n) is 4.13. The number of hydrogen-bond donors (Lipinski definition) is 3. The maximum Gasteiger partial charge on any atom is 0.329 e. The summed E-state index contributed by atoms with van der Waals surface area (Å²) >= 11 is 2.08. The number of carbonyl (C=O) groups is 3. The third-order valence-electron chi connectivity index (χ3n) is 6.09. The lowest BCUT2D eigenvalue weighted by atomic mass is 10.1. The van der Waals surface area contributed by atoms with Crippen molar-refractivity contribution in [3.63, 3.8) is 0 Å². The minimum atomic E-state index is -0.927. The first kappa shape index (κ1) is 33.4. The van der Waals surface area contributed by atoms with E-state index >= 15 is 0 Å². The Hall–Kier alpha value is -4.13. The number of benzene rings is 3. The Morgan fingerprint density at radius 3 is 2.23 bits per heavy atom. The maximum absolute atomic E-state index is 12.7. The van der Waals surface area contributed by atoms with Crippen LogP contribution in [0, 0.1) is 24.3 Å². The standard InChI is InChI=1S/C32H37IN4O6/c1-6-8-13-42-25-11-9-24(10-12-25)35-31(39)32(40)37-34-18-23-16-26(33)30(27(17-23)41-7-2)43-19-28(38)36-29-21(4)14-20(3)15-22(29)5/h9-12,14-18H,6-8,13,19H2,1-5H3,(H,35,39)(H,36,38)(H,37,40)/b34-18-. The summed E-state index contributed by atoms with van der Waals surface area (Å²) in [5.74, 6) is -0.566. The van der Waals surface area contributed by atoms with Crippen molar-refractivity contribution in [2.24, 2.45) is 5.10 Å². The van der Waals surface area contributed by atoms with Gasteiger partial charge in [0.05, 0.1) is 23.0 Å². The fraction of sp³-hybridized carbons (Fsp3) is 0.312. The summed E-state index contributed by atoms with van der Waals surface area (Å²) in [5, 5.41) is 9.36. The maximum atomic E-state index is 12.7. The first-order valence-corrected chi connectivity index (χ1v) is 15.0. The first-order valence-electron chi connectivity index (χ1n) is 13.9. The quantitative estimate of drug-likeness (QED) is 0.0671. The summed E-state index contributed by atoms with van der Waals surface area (Å²) in [6, 6.07) is 14.2. The van der Waals surface area contributed by atoms with Crippen molar-refractivity contribution < 1.29 is 28.6 Å². The molecule has 0 heterocycles. The lowest BCUT2D eigenvalue weighted by molar-refractivity contribution is -0.136. The van der Waals surface area contributed by atoms with E-state index in [4.69, 9.17) is 14.2 Å². The lowest BCUT2D eigenvalue weighted by Crippen LogP contribution is -2.32. The van der Waals surface area contributed by atoms with Gasteiger partial charge in [-0.25, -0.2) is 5.43 Å². The van der Waals surface area contributed by atoms with Gasteiger partial charge in [-0.3, -0.25) is 14.4 Å². The van der Waals surface area contributed by atoms with Gasteiger partial charge in [0.25, 0.3) is 5.91 Å². The molecular formula is C32H37IN4O6. The number of hydrogen-bond acceptors (Lipinski definition) is 7. The lowest BCUT2D eigenvalue weighted by Gasteiger charge is -2.16. The van der Waals surface area contributed by atoms with Gasteiger partial charge < -0.3 is 24.8 Å². The van der Waals surface area contributed by atoms with E-state index < -0.39 is 11.8 Å². The van der Waals surface area contributed by atoms with Crippen molar-refractivity contribution in [3.8, 4) is 17.2 Å². The zero-order valence-corrected chi connectivity index (χ0v) is 27.2. The molecule has 0 unspecified atom stereocenters. The zero-order chi connectivity index (χ0) is 31.4. The Bertz CT molecular complexity index is 1450. The molecule has 3 aromatic carbocycles. The number of nitrogens with zero attached hydrogens (tertiary/aromatic N) is 1. The van der Waals surface area contributed by atoms with Crippen LogP contribution in [0.1, 0.15) is 48.9 Å². The molecule has 3 N–H and O–H groups in total. The highest BCUT2D eigenvalue weighted by molar-refractivity contribution is 14.1. The molecule has 3 rings (SSSR count). The highest BCUT2D eigenvalue weighted by Gasteiger charge is 2.16. The fourth-order valence-corrected chi connectivity index (χ4v) is 4.91. The number of ether oxygens (including phenoxy) is 3. The molecule has 3 amide bonds. The summed E-state index contributed by atoms with van der Waals surface area (Å²) in [4.78, 5) is 37.2. The summed E-state index contributed by atoms with van der Waals surface area (Å²) in [5.41, 5.74) is 7.12. The van der Waals surface area contributed by atoms with Gasteiger partial charge in [-0.1, -0.05) is 31.0 Å². The number of amides is 3.